The maximum Gasteiger partial charge on any atom is 0.340 e. The van der Waals surface area contributed by atoms with Gasteiger partial charge < -0.3 is 9.47 Å². The lowest BCUT2D eigenvalue weighted by Crippen LogP contribution is -2.26. The maximum atomic E-state index is 11.1. The van der Waals surface area contributed by atoms with E-state index >= 15 is 0 Å². The fraction of sp³-hybridized carbons (Fsp3) is 0.875. The molecule has 1 heterocycles. The summed E-state index contributed by atoms with van der Waals surface area (Å²) in [6, 6.07) is 0. The van der Waals surface area contributed by atoms with Gasteiger partial charge in [0.1, 0.15) is 6.10 Å². The van der Waals surface area contributed by atoms with Gasteiger partial charge in [0.05, 0.1) is 7.11 Å². The Morgan fingerprint density at radius 2 is 2.18 bits per heavy atom. The minimum Gasteiger partial charge on any atom is -0.467 e. The second-order valence-corrected chi connectivity index (χ2v) is 3.38. The van der Waals surface area contributed by atoms with E-state index in [1.165, 1.54) is 7.11 Å². The molecule has 1 saturated heterocycles. The fourth-order valence-electron chi connectivity index (χ4n) is 1.37. The van der Waals surface area contributed by atoms with Crippen LogP contribution in [-0.4, -0.2) is 24.8 Å². The predicted octanol–water partition coefficient (Wildman–Crippen LogP) is 0.973. The van der Waals surface area contributed by atoms with Crippen LogP contribution in [0.4, 0.5) is 0 Å². The monoisotopic (exact) mass is 158 g/mol. The van der Waals surface area contributed by atoms with Crippen LogP contribution in [0.25, 0.3) is 0 Å². The van der Waals surface area contributed by atoms with Crippen molar-refractivity contribution in [1.29, 1.82) is 0 Å². The Bertz CT molecular complexity index is 176. The second-order valence-electron chi connectivity index (χ2n) is 3.38. The molecule has 0 aromatic heterocycles. The Morgan fingerprint density at radius 3 is 2.45 bits per heavy atom. The molecule has 0 amide bonds. The van der Waals surface area contributed by atoms with Gasteiger partial charge in [0, 0.05) is 0 Å². The molecule has 1 rings (SSSR count). The number of hydrogen-bond acceptors (Lipinski definition) is 3. The standard InChI is InChI=1S/C8H14O3/c1-5(2)6-8(3,11-6)7(9)10-4/h5-6H,1-4H3. The van der Waals surface area contributed by atoms with Crippen LogP contribution in [-0.2, 0) is 14.3 Å². The average molecular weight is 158 g/mol. The lowest BCUT2D eigenvalue weighted by atomic mass is 9.99. The first-order valence-corrected chi connectivity index (χ1v) is 3.78. The molecule has 0 bridgehead atoms. The highest BCUT2D eigenvalue weighted by molar-refractivity contribution is 5.82. The SMILES string of the molecule is COC(=O)C1(C)OC1C(C)C. The van der Waals surface area contributed by atoms with Crippen molar-refractivity contribution in [3.05, 3.63) is 0 Å². The van der Waals surface area contributed by atoms with Gasteiger partial charge in [-0.25, -0.2) is 4.79 Å². The third-order valence-corrected chi connectivity index (χ3v) is 2.05. The third kappa shape index (κ3) is 1.25. The highest BCUT2D eigenvalue weighted by Crippen LogP contribution is 2.41. The number of epoxide rings is 1. The molecule has 3 nitrogen and oxygen atoms in total. The number of carbonyl (C=O) groups excluding carboxylic acids is 1. The number of methoxy groups -OCH3 is 1. The van der Waals surface area contributed by atoms with E-state index in [0.29, 0.717) is 5.92 Å². The van der Waals surface area contributed by atoms with Crippen LogP contribution in [0.15, 0.2) is 0 Å². The van der Waals surface area contributed by atoms with E-state index in [9.17, 15) is 4.79 Å². The van der Waals surface area contributed by atoms with Gasteiger partial charge in [-0.1, -0.05) is 13.8 Å². The normalized spacial score (nSPS) is 35.5. The maximum absolute atomic E-state index is 11.1. The first kappa shape index (κ1) is 8.53. The van der Waals surface area contributed by atoms with Crippen molar-refractivity contribution in [3.63, 3.8) is 0 Å². The molecular formula is C8H14O3. The van der Waals surface area contributed by atoms with Crippen LogP contribution < -0.4 is 0 Å². The first-order chi connectivity index (χ1) is 5.02. The van der Waals surface area contributed by atoms with Gasteiger partial charge in [0.2, 0.25) is 0 Å². The summed E-state index contributed by atoms with van der Waals surface area (Å²) in [4.78, 5) is 11.1. The van der Waals surface area contributed by atoms with Crippen LogP contribution in [0.1, 0.15) is 20.8 Å². The summed E-state index contributed by atoms with van der Waals surface area (Å²) in [7, 11) is 1.38. The van der Waals surface area contributed by atoms with Gasteiger partial charge in [-0.05, 0) is 12.8 Å². The Morgan fingerprint density at radius 1 is 1.64 bits per heavy atom. The van der Waals surface area contributed by atoms with Gasteiger partial charge >= 0.3 is 5.97 Å². The van der Waals surface area contributed by atoms with Gasteiger partial charge in [-0.15, -0.1) is 0 Å². The molecule has 11 heavy (non-hydrogen) atoms. The summed E-state index contributed by atoms with van der Waals surface area (Å²) in [5.41, 5.74) is -0.664. The molecule has 0 aliphatic carbocycles. The Balaban J connectivity index is 2.55. The van der Waals surface area contributed by atoms with Crippen LogP contribution in [0, 0.1) is 5.92 Å². The van der Waals surface area contributed by atoms with Crippen molar-refractivity contribution < 1.29 is 14.3 Å². The predicted molar refractivity (Wildman–Crippen MR) is 40.1 cm³/mol. The Kier molecular flexibility index (Phi) is 1.92. The summed E-state index contributed by atoms with van der Waals surface area (Å²) in [6.07, 6.45) is 0.0370. The minimum absolute atomic E-state index is 0.0370. The third-order valence-electron chi connectivity index (χ3n) is 2.05. The number of rotatable bonds is 2. The van der Waals surface area contributed by atoms with Crippen molar-refractivity contribution in [2.45, 2.75) is 32.5 Å². The van der Waals surface area contributed by atoms with Crippen molar-refractivity contribution in [1.82, 2.24) is 0 Å². The highest BCUT2D eigenvalue weighted by atomic mass is 16.7. The zero-order chi connectivity index (χ0) is 8.65. The molecule has 0 N–H and O–H groups in total. The van der Waals surface area contributed by atoms with Crippen molar-refractivity contribution in [3.8, 4) is 0 Å². The van der Waals surface area contributed by atoms with Crippen molar-refractivity contribution >= 4 is 5.97 Å². The molecule has 2 atom stereocenters. The number of ether oxygens (including phenoxy) is 2. The molecule has 1 aliphatic heterocycles. The van der Waals surface area contributed by atoms with E-state index in [-0.39, 0.29) is 12.1 Å². The van der Waals surface area contributed by atoms with E-state index in [1.54, 1.807) is 6.92 Å². The first-order valence-electron chi connectivity index (χ1n) is 3.78. The summed E-state index contributed by atoms with van der Waals surface area (Å²) < 4.78 is 9.84. The van der Waals surface area contributed by atoms with E-state index < -0.39 is 5.60 Å². The largest absolute Gasteiger partial charge is 0.467 e. The molecule has 1 aliphatic rings. The lowest BCUT2D eigenvalue weighted by molar-refractivity contribution is -0.146. The molecule has 64 valence electrons. The lowest BCUT2D eigenvalue weighted by Gasteiger charge is -2.04. The van der Waals surface area contributed by atoms with Gasteiger partial charge in [0.15, 0.2) is 5.60 Å². The molecule has 3 heteroatoms. The quantitative estimate of drug-likeness (QED) is 0.444. The molecule has 1 fully saturated rings. The highest BCUT2D eigenvalue weighted by Gasteiger charge is 2.60. The molecule has 0 spiro atoms. The zero-order valence-corrected chi connectivity index (χ0v) is 7.38. The molecule has 2 unspecified atom stereocenters. The van der Waals surface area contributed by atoms with Gasteiger partial charge in [-0.2, -0.15) is 0 Å². The number of carbonyl (C=O) groups is 1. The Hall–Kier alpha value is -0.570. The number of hydrogen-bond donors (Lipinski definition) is 0. The van der Waals surface area contributed by atoms with E-state index in [2.05, 4.69) is 4.74 Å². The second kappa shape index (κ2) is 2.48. The zero-order valence-electron chi connectivity index (χ0n) is 7.38. The van der Waals surface area contributed by atoms with Crippen molar-refractivity contribution in [2.24, 2.45) is 5.92 Å². The average Bonchev–Trinajstić information content (AvgIpc) is 2.62. The summed E-state index contributed by atoms with van der Waals surface area (Å²) in [5, 5.41) is 0. The summed E-state index contributed by atoms with van der Waals surface area (Å²) >= 11 is 0. The fourth-order valence-corrected chi connectivity index (χ4v) is 1.37. The smallest absolute Gasteiger partial charge is 0.340 e. The van der Waals surface area contributed by atoms with Crippen LogP contribution in [0.3, 0.4) is 0 Å². The van der Waals surface area contributed by atoms with Crippen molar-refractivity contribution in [2.75, 3.05) is 7.11 Å². The summed E-state index contributed by atoms with van der Waals surface area (Å²) in [6.45, 7) is 5.82. The van der Waals surface area contributed by atoms with Crippen LogP contribution >= 0.6 is 0 Å². The van der Waals surface area contributed by atoms with Gasteiger partial charge in [-0.3, -0.25) is 0 Å². The van der Waals surface area contributed by atoms with Crippen LogP contribution in [0.2, 0.25) is 0 Å². The molecule has 0 aromatic rings. The Labute approximate surface area is 66.7 Å². The summed E-state index contributed by atoms with van der Waals surface area (Å²) in [5.74, 6) is 0.107. The molecule has 0 saturated carbocycles. The van der Waals surface area contributed by atoms with E-state index in [0.717, 1.165) is 0 Å². The molecular weight excluding hydrogens is 144 g/mol. The van der Waals surface area contributed by atoms with Crippen LogP contribution in [0.5, 0.6) is 0 Å². The van der Waals surface area contributed by atoms with Gasteiger partial charge in [0.25, 0.3) is 0 Å². The van der Waals surface area contributed by atoms with E-state index in [4.69, 9.17) is 4.74 Å². The molecule has 0 aromatic carbocycles. The minimum atomic E-state index is -0.664. The topological polar surface area (TPSA) is 38.8 Å². The molecule has 0 radical (unpaired) electrons. The number of esters is 1. The van der Waals surface area contributed by atoms with E-state index in [1.807, 2.05) is 13.8 Å².